The molecule has 0 bridgehead atoms. The molecular formula is C9H13NS. The van der Waals surface area contributed by atoms with Crippen molar-refractivity contribution >= 4 is 11.8 Å². The molecule has 0 N–H and O–H groups in total. The lowest BCUT2D eigenvalue weighted by Crippen LogP contribution is -1.96. The third-order valence-corrected chi connectivity index (χ3v) is 2.34. The molecule has 0 saturated carbocycles. The van der Waals surface area contributed by atoms with Crippen LogP contribution in [0, 0.1) is 0 Å². The minimum absolute atomic E-state index is 1.06. The van der Waals surface area contributed by atoms with Crippen molar-refractivity contribution in [3.05, 3.63) is 37.2 Å². The zero-order valence-electron chi connectivity index (χ0n) is 6.57. The van der Waals surface area contributed by atoms with Gasteiger partial charge in [-0.3, -0.25) is 0 Å². The van der Waals surface area contributed by atoms with Gasteiger partial charge in [0, 0.05) is 30.4 Å². The molecule has 0 aliphatic heterocycles. The van der Waals surface area contributed by atoms with E-state index < -0.39 is 0 Å². The minimum atomic E-state index is 1.06. The molecule has 1 aromatic heterocycles. The topological polar surface area (TPSA) is 4.93 Å². The second-order valence-electron chi connectivity index (χ2n) is 2.28. The average Bonchev–Trinajstić information content (AvgIpc) is 2.50. The molecule has 0 spiro atoms. The van der Waals surface area contributed by atoms with Gasteiger partial charge in [-0.15, -0.1) is 6.58 Å². The summed E-state index contributed by atoms with van der Waals surface area (Å²) < 4.78 is 2.19. The first-order chi connectivity index (χ1) is 5.43. The maximum absolute atomic E-state index is 3.67. The van der Waals surface area contributed by atoms with Gasteiger partial charge in [0.05, 0.1) is 0 Å². The average molecular weight is 167 g/mol. The lowest BCUT2D eigenvalue weighted by Gasteiger charge is -1.99. The monoisotopic (exact) mass is 167 g/mol. The highest BCUT2D eigenvalue weighted by Gasteiger charge is 1.87. The summed E-state index contributed by atoms with van der Waals surface area (Å²) in [5.74, 6) is 2.22. The number of hydrogen-bond acceptors (Lipinski definition) is 1. The first kappa shape index (κ1) is 8.47. The van der Waals surface area contributed by atoms with Gasteiger partial charge < -0.3 is 4.57 Å². The molecule has 0 unspecified atom stereocenters. The van der Waals surface area contributed by atoms with Crippen molar-refractivity contribution < 1.29 is 0 Å². The second-order valence-corrected chi connectivity index (χ2v) is 3.43. The summed E-state index contributed by atoms with van der Waals surface area (Å²) in [6.45, 7) is 4.77. The van der Waals surface area contributed by atoms with Gasteiger partial charge in [-0.1, -0.05) is 6.08 Å². The van der Waals surface area contributed by atoms with Crippen LogP contribution < -0.4 is 0 Å². The largest absolute Gasteiger partial charge is 0.353 e. The van der Waals surface area contributed by atoms with Crippen LogP contribution in [-0.2, 0) is 6.54 Å². The molecule has 11 heavy (non-hydrogen) atoms. The van der Waals surface area contributed by atoms with Crippen LogP contribution in [0.25, 0.3) is 0 Å². The quantitative estimate of drug-likeness (QED) is 0.481. The molecule has 0 aromatic carbocycles. The molecular weight excluding hydrogens is 154 g/mol. The number of rotatable bonds is 5. The summed E-state index contributed by atoms with van der Waals surface area (Å²) in [6, 6.07) is 4.11. The Bertz CT molecular complexity index is 191. The lowest BCUT2D eigenvalue weighted by molar-refractivity contribution is 0.779. The van der Waals surface area contributed by atoms with E-state index in [1.807, 2.05) is 17.8 Å². The SMILES string of the molecule is C=CCSCCn1cccc1. The van der Waals surface area contributed by atoms with E-state index in [9.17, 15) is 0 Å². The first-order valence-electron chi connectivity index (χ1n) is 3.73. The van der Waals surface area contributed by atoms with E-state index >= 15 is 0 Å². The smallest absolute Gasteiger partial charge is 0.0310 e. The maximum atomic E-state index is 3.67. The van der Waals surface area contributed by atoms with E-state index in [0.717, 1.165) is 12.3 Å². The van der Waals surface area contributed by atoms with Crippen molar-refractivity contribution in [3.8, 4) is 0 Å². The summed E-state index contributed by atoms with van der Waals surface area (Å²) in [5, 5.41) is 0. The molecule has 0 aliphatic rings. The van der Waals surface area contributed by atoms with Gasteiger partial charge in [-0.2, -0.15) is 11.8 Å². The Morgan fingerprint density at radius 3 is 2.73 bits per heavy atom. The number of aromatic nitrogens is 1. The molecule has 0 radical (unpaired) electrons. The molecule has 0 fully saturated rings. The van der Waals surface area contributed by atoms with E-state index in [1.165, 1.54) is 5.75 Å². The van der Waals surface area contributed by atoms with E-state index in [-0.39, 0.29) is 0 Å². The molecule has 0 aliphatic carbocycles. The van der Waals surface area contributed by atoms with Gasteiger partial charge >= 0.3 is 0 Å². The predicted molar refractivity (Wildman–Crippen MR) is 52.0 cm³/mol. The van der Waals surface area contributed by atoms with Gasteiger partial charge in [0.15, 0.2) is 0 Å². The lowest BCUT2D eigenvalue weighted by atomic mass is 10.7. The fourth-order valence-corrected chi connectivity index (χ4v) is 1.53. The van der Waals surface area contributed by atoms with Gasteiger partial charge in [-0.05, 0) is 12.1 Å². The summed E-state index contributed by atoms with van der Waals surface area (Å²) in [5.41, 5.74) is 0. The Morgan fingerprint density at radius 1 is 1.36 bits per heavy atom. The Balaban J connectivity index is 2.09. The molecule has 60 valence electrons. The first-order valence-corrected chi connectivity index (χ1v) is 4.88. The van der Waals surface area contributed by atoms with Crippen LogP contribution in [0.3, 0.4) is 0 Å². The third kappa shape index (κ3) is 3.33. The highest BCUT2D eigenvalue weighted by molar-refractivity contribution is 7.99. The molecule has 0 saturated heterocycles. The van der Waals surface area contributed by atoms with Crippen molar-refractivity contribution in [1.82, 2.24) is 4.57 Å². The Labute approximate surface area is 72.1 Å². The molecule has 0 amide bonds. The maximum Gasteiger partial charge on any atom is 0.0310 e. The predicted octanol–water partition coefficient (Wildman–Crippen LogP) is 2.41. The number of aryl methyl sites for hydroxylation is 1. The van der Waals surface area contributed by atoms with Crippen LogP contribution in [0.2, 0.25) is 0 Å². The van der Waals surface area contributed by atoms with E-state index in [1.54, 1.807) is 0 Å². The zero-order chi connectivity index (χ0) is 7.94. The van der Waals surface area contributed by atoms with Crippen LogP contribution in [0.15, 0.2) is 37.2 Å². The highest BCUT2D eigenvalue weighted by atomic mass is 32.2. The van der Waals surface area contributed by atoms with Crippen molar-refractivity contribution in [2.75, 3.05) is 11.5 Å². The normalized spacial score (nSPS) is 9.82. The molecule has 1 aromatic rings. The molecule has 1 rings (SSSR count). The van der Waals surface area contributed by atoms with Crippen molar-refractivity contribution in [1.29, 1.82) is 0 Å². The number of thioether (sulfide) groups is 1. The van der Waals surface area contributed by atoms with Crippen molar-refractivity contribution in [2.24, 2.45) is 0 Å². The van der Waals surface area contributed by atoms with Crippen molar-refractivity contribution in [3.63, 3.8) is 0 Å². The molecule has 1 nitrogen and oxygen atoms in total. The third-order valence-electron chi connectivity index (χ3n) is 1.40. The van der Waals surface area contributed by atoms with E-state index in [4.69, 9.17) is 0 Å². The zero-order valence-corrected chi connectivity index (χ0v) is 7.39. The van der Waals surface area contributed by atoms with Crippen LogP contribution >= 0.6 is 11.8 Å². The second kappa shape index (κ2) is 5.08. The van der Waals surface area contributed by atoms with Gasteiger partial charge in [-0.25, -0.2) is 0 Å². The summed E-state index contributed by atoms with van der Waals surface area (Å²) in [4.78, 5) is 0. The van der Waals surface area contributed by atoms with Gasteiger partial charge in [0.25, 0.3) is 0 Å². The molecule has 0 atom stereocenters. The highest BCUT2D eigenvalue weighted by Crippen LogP contribution is 2.01. The van der Waals surface area contributed by atoms with E-state index in [2.05, 4.69) is 35.7 Å². The van der Waals surface area contributed by atoms with Crippen LogP contribution in [0.4, 0.5) is 0 Å². The van der Waals surface area contributed by atoms with E-state index in [0.29, 0.717) is 0 Å². The van der Waals surface area contributed by atoms with Crippen LogP contribution in [0.1, 0.15) is 0 Å². The fourth-order valence-electron chi connectivity index (χ4n) is 0.856. The number of hydrogen-bond donors (Lipinski definition) is 0. The Morgan fingerprint density at radius 2 is 2.09 bits per heavy atom. The Kier molecular flexibility index (Phi) is 3.91. The van der Waals surface area contributed by atoms with Gasteiger partial charge in [0.2, 0.25) is 0 Å². The molecule has 2 heteroatoms. The Hall–Kier alpha value is -0.630. The van der Waals surface area contributed by atoms with Crippen molar-refractivity contribution in [2.45, 2.75) is 6.54 Å². The summed E-state index contributed by atoms with van der Waals surface area (Å²) in [7, 11) is 0. The summed E-state index contributed by atoms with van der Waals surface area (Å²) in [6.07, 6.45) is 6.13. The van der Waals surface area contributed by atoms with Crippen LogP contribution in [0.5, 0.6) is 0 Å². The minimum Gasteiger partial charge on any atom is -0.353 e. The summed E-state index contributed by atoms with van der Waals surface area (Å²) >= 11 is 1.91. The van der Waals surface area contributed by atoms with Crippen LogP contribution in [-0.4, -0.2) is 16.1 Å². The molecule has 1 heterocycles. The van der Waals surface area contributed by atoms with Gasteiger partial charge in [0.1, 0.15) is 0 Å². The fraction of sp³-hybridized carbons (Fsp3) is 0.333. The standard InChI is InChI=1S/C9H13NS/c1-2-8-11-9-7-10-5-3-4-6-10/h2-6H,1,7-9H2. The number of nitrogens with zero attached hydrogens (tertiary/aromatic N) is 1.